The third-order valence-electron chi connectivity index (χ3n) is 7.06. The number of aliphatic hydroxyl groups excluding tert-OH is 1. The number of nitrogens with one attached hydrogen (secondary N) is 3. The molecule has 4 aromatic heterocycles. The zero-order valence-electron chi connectivity index (χ0n) is 21.5. The van der Waals surface area contributed by atoms with E-state index in [1.54, 1.807) is 24.7 Å². The number of benzene rings is 1. The molecule has 0 saturated carbocycles. The van der Waals surface area contributed by atoms with Crippen LogP contribution in [-0.4, -0.2) is 79.6 Å². The normalized spacial score (nSPS) is 15.6. The molecule has 5 heterocycles. The summed E-state index contributed by atoms with van der Waals surface area (Å²) < 4.78 is 16.0. The number of para-hydroxylation sites is 1. The molecular formula is C27H30FN9O. The molecule has 0 aliphatic carbocycles. The summed E-state index contributed by atoms with van der Waals surface area (Å²) in [5, 5.41) is 20.8. The van der Waals surface area contributed by atoms with Crippen LogP contribution in [0.15, 0.2) is 42.9 Å². The number of nitrogens with zero attached hydrogens (tertiary/aromatic N) is 6. The molecule has 11 heteroatoms. The van der Waals surface area contributed by atoms with Crippen molar-refractivity contribution in [3.05, 3.63) is 48.7 Å². The van der Waals surface area contributed by atoms with Crippen molar-refractivity contribution in [3.63, 3.8) is 0 Å². The van der Waals surface area contributed by atoms with E-state index in [1.165, 1.54) is 0 Å². The minimum Gasteiger partial charge on any atom is -0.374 e. The van der Waals surface area contributed by atoms with E-state index in [2.05, 4.69) is 53.4 Å². The number of aromatic amines is 2. The van der Waals surface area contributed by atoms with Gasteiger partial charge in [-0.2, -0.15) is 5.10 Å². The lowest BCUT2D eigenvalue weighted by atomic mass is 10.1. The number of pyridine rings is 2. The summed E-state index contributed by atoms with van der Waals surface area (Å²) in [4.78, 5) is 21.4. The Morgan fingerprint density at radius 2 is 1.87 bits per heavy atom. The summed E-state index contributed by atoms with van der Waals surface area (Å²) in [6, 6.07) is 7.78. The lowest BCUT2D eigenvalue weighted by Gasteiger charge is -2.34. The Hall–Kier alpha value is -4.09. The fourth-order valence-electron chi connectivity index (χ4n) is 4.77. The van der Waals surface area contributed by atoms with E-state index in [0.717, 1.165) is 42.9 Å². The molecule has 1 aliphatic rings. The first-order valence-electron chi connectivity index (χ1n) is 12.7. The van der Waals surface area contributed by atoms with E-state index >= 15 is 4.39 Å². The Balaban J connectivity index is 1.40. The fourth-order valence-corrected chi connectivity index (χ4v) is 4.77. The van der Waals surface area contributed by atoms with Gasteiger partial charge in [-0.3, -0.25) is 15.1 Å². The SMILES string of the molecule is CC(C)C(O)Nc1cncc(-c2ncc3[nH]nc(-c4nc5c(N6CCN(C)CC6)cccc5[nH]4)c3c2F)c1. The highest BCUT2D eigenvalue weighted by molar-refractivity contribution is 5.97. The summed E-state index contributed by atoms with van der Waals surface area (Å²) in [6.45, 7) is 7.61. The molecular weight excluding hydrogens is 485 g/mol. The minimum atomic E-state index is -0.753. The zero-order chi connectivity index (χ0) is 26.4. The Bertz CT molecular complexity index is 1600. The summed E-state index contributed by atoms with van der Waals surface area (Å²) in [7, 11) is 2.13. The summed E-state index contributed by atoms with van der Waals surface area (Å²) in [5.74, 6) is -0.0363. The van der Waals surface area contributed by atoms with Crippen molar-refractivity contribution < 1.29 is 9.50 Å². The van der Waals surface area contributed by atoms with Crippen LogP contribution < -0.4 is 10.2 Å². The highest BCUT2D eigenvalue weighted by atomic mass is 19.1. The number of H-pyrrole nitrogens is 2. The van der Waals surface area contributed by atoms with E-state index in [-0.39, 0.29) is 11.6 Å². The zero-order valence-corrected chi connectivity index (χ0v) is 21.5. The largest absolute Gasteiger partial charge is 0.374 e. The van der Waals surface area contributed by atoms with Gasteiger partial charge in [0.25, 0.3) is 0 Å². The predicted octanol–water partition coefficient (Wildman–Crippen LogP) is 3.84. The topological polar surface area (TPSA) is 122 Å². The molecule has 1 aliphatic heterocycles. The van der Waals surface area contributed by atoms with Gasteiger partial charge in [-0.1, -0.05) is 19.9 Å². The van der Waals surface area contributed by atoms with Crippen LogP contribution in [0.2, 0.25) is 0 Å². The Kier molecular flexibility index (Phi) is 6.16. The summed E-state index contributed by atoms with van der Waals surface area (Å²) >= 11 is 0. The van der Waals surface area contributed by atoms with Crippen molar-refractivity contribution in [2.75, 3.05) is 43.4 Å². The van der Waals surface area contributed by atoms with Crippen LogP contribution in [0.1, 0.15) is 13.8 Å². The van der Waals surface area contributed by atoms with Crippen LogP contribution >= 0.6 is 0 Å². The quantitative estimate of drug-likeness (QED) is 0.252. The van der Waals surface area contributed by atoms with Gasteiger partial charge >= 0.3 is 0 Å². The van der Waals surface area contributed by atoms with Crippen LogP contribution in [0.3, 0.4) is 0 Å². The number of piperazine rings is 1. The predicted molar refractivity (Wildman–Crippen MR) is 146 cm³/mol. The van der Waals surface area contributed by atoms with Gasteiger partial charge in [0.2, 0.25) is 0 Å². The van der Waals surface area contributed by atoms with Gasteiger partial charge in [0.15, 0.2) is 11.6 Å². The highest BCUT2D eigenvalue weighted by Crippen LogP contribution is 2.34. The Morgan fingerprint density at radius 3 is 2.66 bits per heavy atom. The molecule has 38 heavy (non-hydrogen) atoms. The van der Waals surface area contributed by atoms with Gasteiger partial charge in [-0.25, -0.2) is 9.37 Å². The Morgan fingerprint density at radius 1 is 1.05 bits per heavy atom. The molecule has 6 rings (SSSR count). The number of halogens is 1. The number of hydrogen-bond donors (Lipinski definition) is 4. The lowest BCUT2D eigenvalue weighted by molar-refractivity contribution is 0.153. The van der Waals surface area contributed by atoms with Crippen molar-refractivity contribution in [2.45, 2.75) is 20.1 Å². The molecule has 4 N–H and O–H groups in total. The molecule has 0 bridgehead atoms. The second kappa shape index (κ2) is 9.66. The van der Waals surface area contributed by atoms with Crippen LogP contribution in [0, 0.1) is 11.7 Å². The summed E-state index contributed by atoms with van der Waals surface area (Å²) in [5.41, 5.74) is 4.83. The average molecular weight is 516 g/mol. The molecule has 10 nitrogen and oxygen atoms in total. The van der Waals surface area contributed by atoms with Gasteiger partial charge in [0.1, 0.15) is 23.1 Å². The van der Waals surface area contributed by atoms with Gasteiger partial charge in [-0.05, 0) is 31.2 Å². The lowest BCUT2D eigenvalue weighted by Crippen LogP contribution is -2.44. The van der Waals surface area contributed by atoms with Crippen molar-refractivity contribution in [1.29, 1.82) is 0 Å². The molecule has 1 unspecified atom stereocenters. The first-order valence-corrected chi connectivity index (χ1v) is 12.7. The molecule has 1 fully saturated rings. The van der Waals surface area contributed by atoms with Crippen LogP contribution in [0.25, 0.3) is 44.7 Å². The minimum absolute atomic E-state index is 0.000988. The molecule has 1 saturated heterocycles. The van der Waals surface area contributed by atoms with Crippen LogP contribution in [0.5, 0.6) is 0 Å². The van der Waals surface area contributed by atoms with E-state index in [0.29, 0.717) is 33.7 Å². The number of fused-ring (bicyclic) bond motifs is 2. The maximum Gasteiger partial charge on any atom is 0.161 e. The molecule has 0 amide bonds. The van der Waals surface area contributed by atoms with E-state index in [1.807, 2.05) is 26.0 Å². The van der Waals surface area contributed by atoms with E-state index in [4.69, 9.17) is 4.98 Å². The third-order valence-corrected chi connectivity index (χ3v) is 7.06. The van der Waals surface area contributed by atoms with E-state index < -0.39 is 12.0 Å². The molecule has 1 aromatic carbocycles. The first kappa shape index (κ1) is 24.3. The highest BCUT2D eigenvalue weighted by Gasteiger charge is 2.23. The third kappa shape index (κ3) is 4.33. The number of aromatic nitrogens is 6. The van der Waals surface area contributed by atoms with Gasteiger partial charge in [0.05, 0.1) is 40.2 Å². The van der Waals surface area contributed by atoms with Crippen molar-refractivity contribution >= 4 is 33.3 Å². The molecule has 0 radical (unpaired) electrons. The second-order valence-electron chi connectivity index (χ2n) is 10.1. The average Bonchev–Trinajstić information content (AvgIpc) is 3.54. The van der Waals surface area contributed by atoms with Gasteiger partial charge in [-0.15, -0.1) is 0 Å². The standard InChI is InChI=1S/C27H30FN9O/c1-15(2)27(38)31-17-11-16(12-29-13-17)23-22(28)21-19(14-30-23)34-35-25(21)26-32-18-5-4-6-20(24(18)33-26)37-9-7-36(3)8-10-37/h4-6,11-15,27,31,38H,7-10H2,1-3H3,(H,32,33)(H,34,35). The number of imidazole rings is 1. The number of aliphatic hydroxyl groups is 1. The molecule has 5 aromatic rings. The fraction of sp³-hybridized carbons (Fsp3) is 0.333. The second-order valence-corrected chi connectivity index (χ2v) is 10.1. The molecule has 196 valence electrons. The number of hydrogen-bond acceptors (Lipinski definition) is 8. The van der Waals surface area contributed by atoms with Gasteiger partial charge < -0.3 is 25.2 Å². The number of likely N-dealkylation sites (N-methyl/N-ethyl adjacent to an activating group) is 1. The first-order chi connectivity index (χ1) is 18.4. The number of rotatable bonds is 6. The van der Waals surface area contributed by atoms with Crippen LogP contribution in [0.4, 0.5) is 15.8 Å². The van der Waals surface area contributed by atoms with E-state index in [9.17, 15) is 5.11 Å². The molecule has 0 spiro atoms. The van der Waals surface area contributed by atoms with Crippen molar-refractivity contribution in [2.24, 2.45) is 5.92 Å². The monoisotopic (exact) mass is 515 g/mol. The smallest absolute Gasteiger partial charge is 0.161 e. The maximum atomic E-state index is 16.0. The van der Waals surface area contributed by atoms with Crippen molar-refractivity contribution in [3.8, 4) is 22.8 Å². The molecule has 1 atom stereocenters. The number of anilines is 2. The Labute approximate surface area is 218 Å². The van der Waals surface area contributed by atoms with Crippen LogP contribution in [-0.2, 0) is 0 Å². The van der Waals surface area contributed by atoms with Crippen molar-refractivity contribution in [1.82, 2.24) is 35.0 Å². The summed E-state index contributed by atoms with van der Waals surface area (Å²) in [6.07, 6.45) is 3.94. The van der Waals surface area contributed by atoms with Gasteiger partial charge in [0, 0.05) is 37.9 Å². The maximum absolute atomic E-state index is 16.0.